The van der Waals surface area contributed by atoms with Crippen molar-refractivity contribution in [2.75, 3.05) is 24.5 Å². The van der Waals surface area contributed by atoms with Crippen LogP contribution in [0.3, 0.4) is 0 Å². The summed E-state index contributed by atoms with van der Waals surface area (Å²) in [5, 5.41) is 3.48. The molecule has 1 N–H and O–H groups in total. The lowest BCUT2D eigenvalue weighted by Crippen LogP contribution is -2.34. The molecule has 17 heavy (non-hydrogen) atoms. The molecule has 1 aromatic heterocycles. The van der Waals surface area contributed by atoms with Crippen LogP contribution >= 0.6 is 0 Å². The Morgan fingerprint density at radius 3 is 3.24 bits per heavy atom. The third-order valence-corrected chi connectivity index (χ3v) is 3.95. The number of aryl methyl sites for hydroxylation is 1. The van der Waals surface area contributed by atoms with Gasteiger partial charge in [0, 0.05) is 37.4 Å². The third kappa shape index (κ3) is 2.02. The summed E-state index contributed by atoms with van der Waals surface area (Å²) in [4.78, 5) is 11.2. The van der Waals surface area contributed by atoms with Gasteiger partial charge in [0.2, 0.25) is 0 Å². The lowest BCUT2D eigenvalue weighted by atomic mass is 10.1. The van der Waals surface area contributed by atoms with Crippen LogP contribution in [0.2, 0.25) is 0 Å². The highest BCUT2D eigenvalue weighted by molar-refractivity contribution is 5.42. The zero-order valence-electron chi connectivity index (χ0n) is 10.4. The van der Waals surface area contributed by atoms with Crippen molar-refractivity contribution in [1.82, 2.24) is 15.3 Å². The van der Waals surface area contributed by atoms with Gasteiger partial charge < -0.3 is 10.2 Å². The van der Waals surface area contributed by atoms with Crippen LogP contribution < -0.4 is 10.2 Å². The highest BCUT2D eigenvalue weighted by atomic mass is 15.3. The topological polar surface area (TPSA) is 41.0 Å². The average molecular weight is 232 g/mol. The van der Waals surface area contributed by atoms with Crippen molar-refractivity contribution in [3.63, 3.8) is 0 Å². The molecule has 2 aliphatic rings. The SMILES string of the molecule is CCCc1cc(N2CC[C@H]3CNC[C@H]32)ncn1. The van der Waals surface area contributed by atoms with Crippen LogP contribution in [-0.2, 0) is 6.42 Å². The summed E-state index contributed by atoms with van der Waals surface area (Å²) >= 11 is 0. The van der Waals surface area contributed by atoms with E-state index in [1.807, 2.05) is 0 Å². The summed E-state index contributed by atoms with van der Waals surface area (Å²) in [6.45, 7) is 5.62. The van der Waals surface area contributed by atoms with Gasteiger partial charge in [-0.3, -0.25) is 0 Å². The van der Waals surface area contributed by atoms with Crippen LogP contribution in [-0.4, -0.2) is 35.6 Å². The van der Waals surface area contributed by atoms with Gasteiger partial charge in [0.05, 0.1) is 0 Å². The van der Waals surface area contributed by atoms with Gasteiger partial charge in [0.1, 0.15) is 12.1 Å². The molecule has 92 valence electrons. The maximum atomic E-state index is 4.45. The quantitative estimate of drug-likeness (QED) is 0.851. The fourth-order valence-electron chi connectivity index (χ4n) is 3.07. The van der Waals surface area contributed by atoms with Crippen molar-refractivity contribution in [2.24, 2.45) is 5.92 Å². The van der Waals surface area contributed by atoms with E-state index in [9.17, 15) is 0 Å². The average Bonchev–Trinajstić information content (AvgIpc) is 2.91. The molecule has 2 fully saturated rings. The van der Waals surface area contributed by atoms with Crippen LogP contribution in [0.15, 0.2) is 12.4 Å². The van der Waals surface area contributed by atoms with E-state index < -0.39 is 0 Å². The first-order valence-corrected chi connectivity index (χ1v) is 6.66. The smallest absolute Gasteiger partial charge is 0.132 e. The van der Waals surface area contributed by atoms with Crippen LogP contribution in [0.5, 0.6) is 0 Å². The summed E-state index contributed by atoms with van der Waals surface area (Å²) in [7, 11) is 0. The van der Waals surface area contributed by atoms with Crippen LogP contribution in [0.1, 0.15) is 25.5 Å². The monoisotopic (exact) mass is 232 g/mol. The molecule has 2 atom stereocenters. The Morgan fingerprint density at radius 1 is 1.41 bits per heavy atom. The first kappa shape index (κ1) is 11.0. The molecule has 0 saturated carbocycles. The zero-order chi connectivity index (χ0) is 11.7. The Balaban J connectivity index is 1.81. The van der Waals surface area contributed by atoms with Gasteiger partial charge in [-0.15, -0.1) is 0 Å². The molecule has 1 aromatic rings. The number of fused-ring (bicyclic) bond motifs is 1. The van der Waals surface area contributed by atoms with Crippen molar-refractivity contribution in [3.05, 3.63) is 18.1 Å². The minimum atomic E-state index is 0.652. The van der Waals surface area contributed by atoms with Gasteiger partial charge in [0.25, 0.3) is 0 Å². The minimum absolute atomic E-state index is 0.652. The standard InChI is InChI=1S/C13H20N4/c1-2-3-11-6-13(16-9-15-11)17-5-4-10-7-14-8-12(10)17/h6,9-10,12,14H,2-5,7-8H2,1H3/t10-,12+/m0/s1. The van der Waals surface area contributed by atoms with Crippen molar-refractivity contribution >= 4 is 5.82 Å². The van der Waals surface area contributed by atoms with E-state index in [0.29, 0.717) is 6.04 Å². The van der Waals surface area contributed by atoms with Crippen molar-refractivity contribution in [2.45, 2.75) is 32.2 Å². The number of nitrogens with zero attached hydrogens (tertiary/aromatic N) is 3. The second kappa shape index (κ2) is 4.61. The predicted octanol–water partition coefficient (Wildman–Crippen LogP) is 1.23. The third-order valence-electron chi connectivity index (χ3n) is 3.95. The largest absolute Gasteiger partial charge is 0.352 e. The molecule has 2 saturated heterocycles. The van der Waals surface area contributed by atoms with E-state index >= 15 is 0 Å². The lowest BCUT2D eigenvalue weighted by Gasteiger charge is -2.24. The molecule has 3 heterocycles. The second-order valence-electron chi connectivity index (χ2n) is 5.09. The van der Waals surface area contributed by atoms with Crippen molar-refractivity contribution < 1.29 is 0 Å². The van der Waals surface area contributed by atoms with E-state index in [0.717, 1.165) is 37.7 Å². The Bertz CT molecular complexity index is 393. The number of hydrogen-bond donors (Lipinski definition) is 1. The fourth-order valence-corrected chi connectivity index (χ4v) is 3.07. The molecule has 0 amide bonds. The van der Waals surface area contributed by atoms with Crippen LogP contribution in [0.25, 0.3) is 0 Å². The summed E-state index contributed by atoms with van der Waals surface area (Å²) in [6, 6.07) is 2.82. The molecule has 0 spiro atoms. The summed E-state index contributed by atoms with van der Waals surface area (Å²) < 4.78 is 0. The molecule has 0 unspecified atom stereocenters. The van der Waals surface area contributed by atoms with E-state index in [4.69, 9.17) is 0 Å². The summed E-state index contributed by atoms with van der Waals surface area (Å²) in [5.74, 6) is 1.94. The second-order valence-corrected chi connectivity index (χ2v) is 5.09. The molecule has 0 aliphatic carbocycles. The molecule has 3 rings (SSSR count). The van der Waals surface area contributed by atoms with Gasteiger partial charge in [-0.1, -0.05) is 13.3 Å². The molecule has 4 nitrogen and oxygen atoms in total. The van der Waals surface area contributed by atoms with E-state index in [1.54, 1.807) is 6.33 Å². The van der Waals surface area contributed by atoms with Gasteiger partial charge in [-0.05, 0) is 18.8 Å². The Morgan fingerprint density at radius 2 is 2.35 bits per heavy atom. The number of rotatable bonds is 3. The highest BCUT2D eigenvalue weighted by Crippen LogP contribution is 2.30. The molecular weight excluding hydrogens is 212 g/mol. The first-order valence-electron chi connectivity index (χ1n) is 6.66. The molecule has 4 heteroatoms. The Hall–Kier alpha value is -1.16. The highest BCUT2D eigenvalue weighted by Gasteiger charge is 2.38. The molecule has 0 aromatic carbocycles. The first-order chi connectivity index (χ1) is 8.38. The number of nitrogens with one attached hydrogen (secondary N) is 1. The molecule has 0 bridgehead atoms. The van der Waals surface area contributed by atoms with E-state index in [-0.39, 0.29) is 0 Å². The fraction of sp³-hybridized carbons (Fsp3) is 0.692. The van der Waals surface area contributed by atoms with Crippen molar-refractivity contribution in [1.29, 1.82) is 0 Å². The van der Waals surface area contributed by atoms with E-state index in [1.165, 1.54) is 18.7 Å². The van der Waals surface area contributed by atoms with Crippen LogP contribution in [0.4, 0.5) is 5.82 Å². The maximum absolute atomic E-state index is 4.45. The van der Waals surface area contributed by atoms with Gasteiger partial charge in [-0.2, -0.15) is 0 Å². The minimum Gasteiger partial charge on any atom is -0.352 e. The van der Waals surface area contributed by atoms with Crippen LogP contribution in [0, 0.1) is 5.92 Å². The Kier molecular flexibility index (Phi) is 2.97. The molecule has 0 radical (unpaired) electrons. The van der Waals surface area contributed by atoms with Gasteiger partial charge >= 0.3 is 0 Å². The van der Waals surface area contributed by atoms with E-state index in [2.05, 4.69) is 33.2 Å². The van der Waals surface area contributed by atoms with Gasteiger partial charge in [0.15, 0.2) is 0 Å². The summed E-state index contributed by atoms with van der Waals surface area (Å²) in [6.07, 6.45) is 5.21. The molecular formula is C13H20N4. The zero-order valence-corrected chi connectivity index (χ0v) is 10.4. The lowest BCUT2D eigenvalue weighted by molar-refractivity contribution is 0.577. The normalized spacial score (nSPS) is 27.5. The van der Waals surface area contributed by atoms with Crippen molar-refractivity contribution in [3.8, 4) is 0 Å². The predicted molar refractivity (Wildman–Crippen MR) is 68.1 cm³/mol. The molecule has 2 aliphatic heterocycles. The number of aromatic nitrogens is 2. The number of anilines is 1. The summed E-state index contributed by atoms with van der Waals surface area (Å²) in [5.41, 5.74) is 1.17. The number of hydrogen-bond acceptors (Lipinski definition) is 4. The van der Waals surface area contributed by atoms with Gasteiger partial charge in [-0.25, -0.2) is 9.97 Å². The Labute approximate surface area is 102 Å². The maximum Gasteiger partial charge on any atom is 0.132 e.